The number of aryl methyl sites for hydroxylation is 1. The first kappa shape index (κ1) is 13.8. The lowest BCUT2D eigenvalue weighted by atomic mass is 9.92. The molecule has 1 heterocycles. The third-order valence-corrected chi connectivity index (χ3v) is 3.17. The zero-order valence-corrected chi connectivity index (χ0v) is 12.1. The summed E-state index contributed by atoms with van der Waals surface area (Å²) in [6.07, 6.45) is 0.977. The van der Waals surface area contributed by atoms with Gasteiger partial charge in [-0.1, -0.05) is 32.4 Å². The molecular formula is C13H18ClN5. The number of hydrogen-bond donors (Lipinski definition) is 1. The Morgan fingerprint density at radius 1 is 1.32 bits per heavy atom. The summed E-state index contributed by atoms with van der Waals surface area (Å²) < 4.78 is 1.77. The third kappa shape index (κ3) is 3.44. The van der Waals surface area contributed by atoms with Crippen molar-refractivity contribution in [2.75, 3.05) is 5.73 Å². The van der Waals surface area contributed by atoms with Crippen LogP contribution in [0.1, 0.15) is 27.2 Å². The van der Waals surface area contributed by atoms with E-state index in [1.807, 2.05) is 0 Å². The summed E-state index contributed by atoms with van der Waals surface area (Å²) in [6, 6.07) is 5.31. The highest BCUT2D eigenvalue weighted by molar-refractivity contribution is 6.33. The van der Waals surface area contributed by atoms with Crippen molar-refractivity contribution in [3.8, 4) is 11.4 Å². The second-order valence-corrected chi connectivity index (χ2v) is 6.18. The molecule has 2 N–H and O–H groups in total. The van der Waals surface area contributed by atoms with Gasteiger partial charge in [-0.3, -0.25) is 0 Å². The van der Waals surface area contributed by atoms with Crippen LogP contribution in [0.15, 0.2) is 18.2 Å². The summed E-state index contributed by atoms with van der Waals surface area (Å²) in [4.78, 5) is 0. The third-order valence-electron chi connectivity index (χ3n) is 2.84. The molecule has 1 aromatic carbocycles. The first-order valence-electron chi connectivity index (χ1n) is 6.18. The maximum atomic E-state index is 6.19. The number of nitrogens with two attached hydrogens (primary N) is 1. The van der Waals surface area contributed by atoms with Gasteiger partial charge in [-0.2, -0.15) is 0 Å². The van der Waals surface area contributed by atoms with E-state index in [9.17, 15) is 0 Å². The molecule has 0 saturated heterocycles. The van der Waals surface area contributed by atoms with E-state index in [-0.39, 0.29) is 5.41 Å². The van der Waals surface area contributed by atoms with Crippen LogP contribution in [0.3, 0.4) is 0 Å². The van der Waals surface area contributed by atoms with Gasteiger partial charge in [-0.25, -0.2) is 4.68 Å². The lowest BCUT2D eigenvalue weighted by molar-refractivity contribution is 0.340. The maximum absolute atomic E-state index is 6.19. The van der Waals surface area contributed by atoms with E-state index >= 15 is 0 Å². The van der Waals surface area contributed by atoms with Crippen molar-refractivity contribution in [1.29, 1.82) is 0 Å². The van der Waals surface area contributed by atoms with E-state index in [0.717, 1.165) is 18.5 Å². The molecule has 0 fully saturated rings. The van der Waals surface area contributed by atoms with Gasteiger partial charge in [-0.15, -0.1) is 5.10 Å². The minimum absolute atomic E-state index is 0.225. The topological polar surface area (TPSA) is 69.6 Å². The summed E-state index contributed by atoms with van der Waals surface area (Å²) in [7, 11) is 0. The Bertz CT molecular complexity index is 571. The van der Waals surface area contributed by atoms with Crippen LogP contribution in [-0.4, -0.2) is 20.2 Å². The number of nitrogen functional groups attached to an aromatic ring is 1. The Hall–Kier alpha value is -1.62. The molecule has 0 unspecified atom stereocenters. The van der Waals surface area contributed by atoms with Crippen molar-refractivity contribution in [3.63, 3.8) is 0 Å². The Balaban J connectivity index is 2.31. The lowest BCUT2D eigenvalue weighted by Gasteiger charge is -2.17. The molecule has 0 aliphatic carbocycles. The van der Waals surface area contributed by atoms with Gasteiger partial charge in [0.05, 0.1) is 5.02 Å². The molecule has 0 radical (unpaired) electrons. The first-order valence-corrected chi connectivity index (χ1v) is 6.56. The zero-order valence-electron chi connectivity index (χ0n) is 11.4. The zero-order chi connectivity index (χ0) is 14.0. The molecule has 2 rings (SSSR count). The number of halogens is 1. The van der Waals surface area contributed by atoms with Gasteiger partial charge in [0.15, 0.2) is 5.82 Å². The van der Waals surface area contributed by atoms with Crippen LogP contribution in [0.4, 0.5) is 5.69 Å². The molecule has 5 nitrogen and oxygen atoms in total. The van der Waals surface area contributed by atoms with Gasteiger partial charge in [-0.05, 0) is 40.5 Å². The van der Waals surface area contributed by atoms with Gasteiger partial charge in [0.25, 0.3) is 0 Å². The largest absolute Gasteiger partial charge is 0.399 e. The Labute approximate surface area is 117 Å². The number of nitrogens with zero attached hydrogens (tertiary/aromatic N) is 4. The minimum Gasteiger partial charge on any atom is -0.399 e. The quantitative estimate of drug-likeness (QED) is 0.877. The molecule has 0 saturated carbocycles. The minimum atomic E-state index is 0.225. The van der Waals surface area contributed by atoms with E-state index in [1.54, 1.807) is 22.9 Å². The molecule has 0 amide bonds. The van der Waals surface area contributed by atoms with Crippen LogP contribution in [0.25, 0.3) is 11.4 Å². The average Bonchev–Trinajstić information content (AvgIpc) is 2.77. The predicted octanol–water partition coefficient (Wildman–Crippen LogP) is 3.01. The summed E-state index contributed by atoms with van der Waals surface area (Å²) in [5.74, 6) is 0.654. The fraction of sp³-hybridized carbons (Fsp3) is 0.462. The van der Waals surface area contributed by atoms with Crippen LogP contribution in [0.2, 0.25) is 5.02 Å². The first-order chi connectivity index (χ1) is 8.87. The van der Waals surface area contributed by atoms with E-state index in [0.29, 0.717) is 16.5 Å². The number of benzene rings is 1. The number of anilines is 1. The number of rotatable bonds is 3. The second-order valence-electron chi connectivity index (χ2n) is 5.78. The molecule has 0 atom stereocenters. The van der Waals surface area contributed by atoms with Crippen LogP contribution in [0, 0.1) is 5.41 Å². The Morgan fingerprint density at radius 2 is 2.05 bits per heavy atom. The fourth-order valence-corrected chi connectivity index (χ4v) is 1.91. The van der Waals surface area contributed by atoms with Gasteiger partial charge in [0.2, 0.25) is 0 Å². The van der Waals surface area contributed by atoms with Crippen LogP contribution < -0.4 is 5.73 Å². The van der Waals surface area contributed by atoms with E-state index < -0.39 is 0 Å². The maximum Gasteiger partial charge on any atom is 0.183 e. The number of tetrazole rings is 1. The van der Waals surface area contributed by atoms with Crippen molar-refractivity contribution in [2.24, 2.45) is 5.41 Å². The lowest BCUT2D eigenvalue weighted by Crippen LogP contribution is -2.12. The highest BCUT2D eigenvalue weighted by Gasteiger charge is 2.16. The Kier molecular flexibility index (Phi) is 3.75. The van der Waals surface area contributed by atoms with Gasteiger partial charge < -0.3 is 5.73 Å². The van der Waals surface area contributed by atoms with Gasteiger partial charge in [0.1, 0.15) is 0 Å². The predicted molar refractivity (Wildman–Crippen MR) is 76.7 cm³/mol. The smallest absolute Gasteiger partial charge is 0.183 e. The molecule has 19 heavy (non-hydrogen) atoms. The monoisotopic (exact) mass is 279 g/mol. The molecule has 6 heteroatoms. The van der Waals surface area contributed by atoms with Crippen LogP contribution in [0.5, 0.6) is 0 Å². The number of aromatic nitrogens is 4. The SMILES string of the molecule is CC(C)(C)CCn1nnnc1-c1cc(N)ccc1Cl. The normalized spacial score (nSPS) is 11.8. The number of hydrogen-bond acceptors (Lipinski definition) is 4. The second kappa shape index (κ2) is 5.17. The van der Waals surface area contributed by atoms with Gasteiger partial charge >= 0.3 is 0 Å². The molecule has 0 spiro atoms. The molecule has 0 aliphatic rings. The van der Waals surface area contributed by atoms with Gasteiger partial charge in [0, 0.05) is 17.8 Å². The summed E-state index contributed by atoms with van der Waals surface area (Å²) in [5, 5.41) is 12.4. The van der Waals surface area contributed by atoms with E-state index in [4.69, 9.17) is 17.3 Å². The highest BCUT2D eigenvalue weighted by atomic mass is 35.5. The molecule has 0 aliphatic heterocycles. The van der Waals surface area contributed by atoms with Crippen molar-refractivity contribution < 1.29 is 0 Å². The molecule has 1 aromatic heterocycles. The van der Waals surface area contributed by atoms with Crippen LogP contribution in [-0.2, 0) is 6.54 Å². The molecule has 2 aromatic rings. The van der Waals surface area contributed by atoms with E-state index in [1.165, 1.54) is 0 Å². The van der Waals surface area contributed by atoms with Crippen LogP contribution >= 0.6 is 11.6 Å². The van der Waals surface area contributed by atoms with Crippen molar-refractivity contribution in [2.45, 2.75) is 33.7 Å². The Morgan fingerprint density at radius 3 is 2.74 bits per heavy atom. The summed E-state index contributed by atoms with van der Waals surface area (Å²) >= 11 is 6.19. The standard InChI is InChI=1S/C13H18ClN5/c1-13(2,3)6-7-19-12(16-17-18-19)10-8-9(15)4-5-11(10)14/h4-5,8H,6-7,15H2,1-3H3. The molecular weight excluding hydrogens is 262 g/mol. The van der Waals surface area contributed by atoms with Crippen molar-refractivity contribution in [1.82, 2.24) is 20.2 Å². The van der Waals surface area contributed by atoms with Crippen molar-refractivity contribution in [3.05, 3.63) is 23.2 Å². The van der Waals surface area contributed by atoms with E-state index in [2.05, 4.69) is 36.3 Å². The fourth-order valence-electron chi connectivity index (χ4n) is 1.70. The van der Waals surface area contributed by atoms with Crippen molar-refractivity contribution >= 4 is 17.3 Å². The summed E-state index contributed by atoms with van der Waals surface area (Å²) in [5.41, 5.74) is 7.42. The summed E-state index contributed by atoms with van der Waals surface area (Å²) in [6.45, 7) is 7.30. The molecule has 102 valence electrons. The highest BCUT2D eigenvalue weighted by Crippen LogP contribution is 2.28. The molecule has 0 bridgehead atoms. The average molecular weight is 280 g/mol.